The second-order valence-electron chi connectivity index (χ2n) is 4.78. The molecular formula is C14H18N2O5. The Morgan fingerprint density at radius 3 is 2.38 bits per heavy atom. The summed E-state index contributed by atoms with van der Waals surface area (Å²) in [6, 6.07) is 6.47. The van der Waals surface area contributed by atoms with E-state index in [2.05, 4.69) is 0 Å². The number of aliphatic carboxylic acids is 1. The lowest BCUT2D eigenvalue weighted by Crippen LogP contribution is -2.45. The van der Waals surface area contributed by atoms with E-state index >= 15 is 0 Å². The van der Waals surface area contributed by atoms with E-state index in [0.717, 1.165) is 0 Å². The first-order valence-corrected chi connectivity index (χ1v) is 6.70. The number of para-hydroxylation sites is 1. The number of rotatable bonds is 5. The summed E-state index contributed by atoms with van der Waals surface area (Å²) in [5.41, 5.74) is 1.17. The third-order valence-electron chi connectivity index (χ3n) is 3.51. The van der Waals surface area contributed by atoms with Crippen LogP contribution in [0.4, 0.5) is 10.5 Å². The minimum atomic E-state index is -0.978. The van der Waals surface area contributed by atoms with Crippen LogP contribution in [-0.4, -0.2) is 65.1 Å². The molecule has 1 heterocycles. The molecule has 0 spiro atoms. The summed E-state index contributed by atoms with van der Waals surface area (Å²) >= 11 is 0. The molecule has 1 atom stereocenters. The molecular weight excluding hydrogens is 276 g/mol. The number of nitrogens with zero attached hydrogens (tertiary/aromatic N) is 2. The zero-order valence-electron chi connectivity index (χ0n) is 11.5. The maximum absolute atomic E-state index is 12.5. The normalized spacial score (nSPS) is 16.7. The highest BCUT2D eigenvalue weighted by atomic mass is 16.4. The van der Waals surface area contributed by atoms with Gasteiger partial charge in [-0.15, -0.1) is 0 Å². The summed E-state index contributed by atoms with van der Waals surface area (Å²) in [5, 5.41) is 27.3. The lowest BCUT2D eigenvalue weighted by atomic mass is 10.0. The quantitative estimate of drug-likeness (QED) is 0.714. The van der Waals surface area contributed by atoms with E-state index in [1.807, 2.05) is 0 Å². The van der Waals surface area contributed by atoms with E-state index < -0.39 is 17.9 Å². The molecule has 0 saturated heterocycles. The summed E-state index contributed by atoms with van der Waals surface area (Å²) in [6.07, 6.45) is 0. The molecule has 0 saturated carbocycles. The number of aliphatic hydroxyl groups is 2. The molecule has 0 radical (unpaired) electrons. The van der Waals surface area contributed by atoms with E-state index in [-0.39, 0.29) is 32.8 Å². The second kappa shape index (κ2) is 6.55. The fraction of sp³-hybridized carbons (Fsp3) is 0.429. The Balaban J connectivity index is 2.28. The second-order valence-corrected chi connectivity index (χ2v) is 4.78. The van der Waals surface area contributed by atoms with Crippen LogP contribution < -0.4 is 4.90 Å². The van der Waals surface area contributed by atoms with Gasteiger partial charge < -0.3 is 20.2 Å². The van der Waals surface area contributed by atoms with Crippen molar-refractivity contribution in [1.82, 2.24) is 4.90 Å². The van der Waals surface area contributed by atoms with Crippen LogP contribution in [-0.2, 0) is 4.79 Å². The number of carbonyl (C=O) groups excluding carboxylic acids is 1. The predicted octanol–water partition coefficient (Wildman–Crippen LogP) is 0.0814. The van der Waals surface area contributed by atoms with Gasteiger partial charge in [0.05, 0.1) is 13.2 Å². The minimum absolute atomic E-state index is 0.0564. The van der Waals surface area contributed by atoms with E-state index in [4.69, 9.17) is 10.2 Å². The summed E-state index contributed by atoms with van der Waals surface area (Å²) in [5.74, 6) is -1.73. The third kappa shape index (κ3) is 2.98. The number of carbonyl (C=O) groups is 2. The molecule has 1 aromatic rings. The fourth-order valence-corrected chi connectivity index (χ4v) is 2.51. The summed E-state index contributed by atoms with van der Waals surface area (Å²) in [4.78, 5) is 26.5. The van der Waals surface area contributed by atoms with Gasteiger partial charge in [0.2, 0.25) is 0 Å². The number of anilines is 1. The molecule has 0 fully saturated rings. The Morgan fingerprint density at radius 2 is 1.81 bits per heavy atom. The van der Waals surface area contributed by atoms with Gasteiger partial charge in [0.25, 0.3) is 0 Å². The molecule has 7 nitrogen and oxygen atoms in total. The van der Waals surface area contributed by atoms with Crippen molar-refractivity contribution in [2.45, 2.75) is 5.92 Å². The summed E-state index contributed by atoms with van der Waals surface area (Å²) in [6.45, 7) is -0.195. The Bertz CT molecular complexity index is 528. The van der Waals surface area contributed by atoms with Crippen LogP contribution in [0.1, 0.15) is 11.5 Å². The maximum Gasteiger partial charge on any atom is 0.324 e. The van der Waals surface area contributed by atoms with Crippen molar-refractivity contribution in [3.8, 4) is 0 Å². The highest BCUT2D eigenvalue weighted by Gasteiger charge is 2.37. The van der Waals surface area contributed by atoms with Gasteiger partial charge in [-0.3, -0.25) is 9.69 Å². The average molecular weight is 294 g/mol. The number of carboxylic acids is 1. The molecule has 7 heteroatoms. The van der Waals surface area contributed by atoms with Gasteiger partial charge in [-0.25, -0.2) is 4.79 Å². The topological polar surface area (TPSA) is 101 Å². The molecule has 2 rings (SSSR count). The fourth-order valence-electron chi connectivity index (χ4n) is 2.51. The number of carboxylic acid groups (broad SMARTS) is 1. The Morgan fingerprint density at radius 1 is 1.19 bits per heavy atom. The molecule has 21 heavy (non-hydrogen) atoms. The highest BCUT2D eigenvalue weighted by molar-refractivity contribution is 5.98. The van der Waals surface area contributed by atoms with Crippen molar-refractivity contribution in [3.63, 3.8) is 0 Å². The Hall–Kier alpha value is -2.12. The molecule has 1 aliphatic rings. The number of fused-ring (bicyclic) bond motifs is 1. The van der Waals surface area contributed by atoms with Crippen LogP contribution in [0.5, 0.6) is 0 Å². The van der Waals surface area contributed by atoms with Crippen LogP contribution in [0, 0.1) is 0 Å². The van der Waals surface area contributed by atoms with E-state index in [0.29, 0.717) is 11.3 Å². The Kier molecular flexibility index (Phi) is 4.77. The maximum atomic E-state index is 12.5. The lowest BCUT2D eigenvalue weighted by molar-refractivity contribution is -0.138. The molecule has 3 N–H and O–H groups in total. The van der Waals surface area contributed by atoms with Crippen molar-refractivity contribution in [2.24, 2.45) is 0 Å². The van der Waals surface area contributed by atoms with Crippen molar-refractivity contribution in [3.05, 3.63) is 29.8 Å². The molecule has 0 aliphatic carbocycles. The van der Waals surface area contributed by atoms with Gasteiger partial charge in [0.1, 0.15) is 5.92 Å². The van der Waals surface area contributed by atoms with Crippen molar-refractivity contribution in [2.75, 3.05) is 37.7 Å². The first-order chi connectivity index (χ1) is 10.1. The van der Waals surface area contributed by atoms with Crippen molar-refractivity contribution < 1.29 is 24.9 Å². The van der Waals surface area contributed by atoms with Crippen LogP contribution in [0.25, 0.3) is 0 Å². The van der Waals surface area contributed by atoms with Gasteiger partial charge in [-0.2, -0.15) is 0 Å². The molecule has 2 amide bonds. The SMILES string of the molecule is O=C(O)C1CN(C(=O)N(CCO)CCO)c2ccccc21. The number of hydrogen-bond acceptors (Lipinski definition) is 4. The van der Waals surface area contributed by atoms with Gasteiger partial charge in [0, 0.05) is 25.3 Å². The zero-order chi connectivity index (χ0) is 15.4. The molecule has 0 bridgehead atoms. The zero-order valence-corrected chi connectivity index (χ0v) is 11.5. The van der Waals surface area contributed by atoms with Crippen LogP contribution in [0.3, 0.4) is 0 Å². The van der Waals surface area contributed by atoms with Crippen LogP contribution in [0.2, 0.25) is 0 Å². The summed E-state index contributed by atoms with van der Waals surface area (Å²) in [7, 11) is 0. The smallest absolute Gasteiger partial charge is 0.324 e. The average Bonchev–Trinajstić information content (AvgIpc) is 2.86. The van der Waals surface area contributed by atoms with Crippen molar-refractivity contribution in [1.29, 1.82) is 0 Å². The number of amides is 2. The molecule has 1 aromatic carbocycles. The summed E-state index contributed by atoms with van der Waals surface area (Å²) < 4.78 is 0. The van der Waals surface area contributed by atoms with Gasteiger partial charge >= 0.3 is 12.0 Å². The predicted molar refractivity (Wildman–Crippen MR) is 75.3 cm³/mol. The number of hydrogen-bond donors (Lipinski definition) is 3. The molecule has 0 aromatic heterocycles. The van der Waals surface area contributed by atoms with Gasteiger partial charge in [-0.1, -0.05) is 18.2 Å². The standard InChI is InChI=1S/C14H18N2O5/c17-7-5-15(6-8-18)14(21)16-9-11(13(19)20)10-3-1-2-4-12(10)16/h1-4,11,17-18H,5-9H2,(H,19,20). The number of urea groups is 1. The third-order valence-corrected chi connectivity index (χ3v) is 3.51. The highest BCUT2D eigenvalue weighted by Crippen LogP contribution is 2.36. The first-order valence-electron chi connectivity index (χ1n) is 6.70. The van der Waals surface area contributed by atoms with Crippen LogP contribution in [0.15, 0.2) is 24.3 Å². The van der Waals surface area contributed by atoms with E-state index in [1.165, 1.54) is 9.80 Å². The van der Waals surface area contributed by atoms with Gasteiger partial charge in [-0.05, 0) is 11.6 Å². The Labute approximate surface area is 122 Å². The van der Waals surface area contributed by atoms with E-state index in [9.17, 15) is 14.7 Å². The lowest BCUT2D eigenvalue weighted by Gasteiger charge is -2.27. The minimum Gasteiger partial charge on any atom is -0.481 e. The molecule has 1 unspecified atom stereocenters. The van der Waals surface area contributed by atoms with Crippen molar-refractivity contribution >= 4 is 17.7 Å². The molecule has 1 aliphatic heterocycles. The monoisotopic (exact) mass is 294 g/mol. The van der Waals surface area contributed by atoms with Gasteiger partial charge in [0.15, 0.2) is 0 Å². The number of benzene rings is 1. The largest absolute Gasteiger partial charge is 0.481 e. The number of aliphatic hydroxyl groups excluding tert-OH is 2. The molecule has 114 valence electrons. The van der Waals surface area contributed by atoms with Crippen LogP contribution >= 0.6 is 0 Å². The first kappa shape index (κ1) is 15.3. The van der Waals surface area contributed by atoms with E-state index in [1.54, 1.807) is 24.3 Å².